The summed E-state index contributed by atoms with van der Waals surface area (Å²) in [7, 11) is 0. The van der Waals surface area contributed by atoms with E-state index in [-0.39, 0.29) is 0 Å². The van der Waals surface area contributed by atoms with E-state index >= 15 is 0 Å². The van der Waals surface area contributed by atoms with E-state index in [1.54, 1.807) is 0 Å². The normalized spacial score (nSPS) is 16.7. The van der Waals surface area contributed by atoms with Gasteiger partial charge in [0.25, 0.3) is 0 Å². The molecule has 0 radical (unpaired) electrons. The van der Waals surface area contributed by atoms with Crippen molar-refractivity contribution in [2.45, 2.75) is 44.8 Å². The summed E-state index contributed by atoms with van der Waals surface area (Å²) in [5, 5.41) is 2.83. The molecule has 1 unspecified atom stereocenters. The molecule has 1 N–H and O–H groups in total. The summed E-state index contributed by atoms with van der Waals surface area (Å²) in [4.78, 5) is 8.16. The molecule has 0 saturated carbocycles. The standard InChI is InChI=1S/C11H14F3N3/c1-7(5-11(12,13)14)17-10-8-3-2-4-9(8)15-6-16-10/h6-7H,2-5H2,1H3,(H,15,16,17). The number of hydrogen-bond acceptors (Lipinski definition) is 3. The predicted molar refractivity (Wildman–Crippen MR) is 57.8 cm³/mol. The number of nitrogens with one attached hydrogen (secondary N) is 1. The Morgan fingerprint density at radius 1 is 1.35 bits per heavy atom. The lowest BCUT2D eigenvalue weighted by molar-refractivity contribution is -0.136. The van der Waals surface area contributed by atoms with Crippen LogP contribution in [0.5, 0.6) is 0 Å². The van der Waals surface area contributed by atoms with Gasteiger partial charge in [-0.2, -0.15) is 13.2 Å². The largest absolute Gasteiger partial charge is 0.391 e. The van der Waals surface area contributed by atoms with Crippen molar-refractivity contribution in [3.8, 4) is 0 Å². The fourth-order valence-corrected chi connectivity index (χ4v) is 2.12. The summed E-state index contributed by atoms with van der Waals surface area (Å²) in [5.41, 5.74) is 1.93. The smallest absolute Gasteiger partial charge is 0.367 e. The maximum Gasteiger partial charge on any atom is 0.391 e. The molecule has 0 bridgehead atoms. The minimum Gasteiger partial charge on any atom is -0.367 e. The molecule has 0 aromatic carbocycles. The Bertz CT molecular complexity index is 403. The number of aryl methyl sites for hydroxylation is 1. The second-order valence-corrected chi connectivity index (χ2v) is 4.37. The zero-order valence-electron chi connectivity index (χ0n) is 9.51. The van der Waals surface area contributed by atoms with Crippen molar-refractivity contribution < 1.29 is 13.2 Å². The van der Waals surface area contributed by atoms with Gasteiger partial charge in [-0.15, -0.1) is 0 Å². The molecule has 0 fully saturated rings. The summed E-state index contributed by atoms with van der Waals surface area (Å²) in [5.74, 6) is 0.559. The highest BCUT2D eigenvalue weighted by molar-refractivity contribution is 5.48. The first kappa shape index (κ1) is 12.1. The molecule has 3 nitrogen and oxygen atoms in total. The van der Waals surface area contributed by atoms with Gasteiger partial charge in [-0.25, -0.2) is 9.97 Å². The van der Waals surface area contributed by atoms with Gasteiger partial charge in [0.15, 0.2) is 0 Å². The van der Waals surface area contributed by atoms with Crippen molar-refractivity contribution in [3.05, 3.63) is 17.6 Å². The highest BCUT2D eigenvalue weighted by atomic mass is 19.4. The van der Waals surface area contributed by atoms with E-state index < -0.39 is 18.6 Å². The van der Waals surface area contributed by atoms with Gasteiger partial charge in [0.2, 0.25) is 0 Å². The summed E-state index contributed by atoms with van der Waals surface area (Å²) >= 11 is 0. The second-order valence-electron chi connectivity index (χ2n) is 4.37. The van der Waals surface area contributed by atoms with Crippen LogP contribution >= 0.6 is 0 Å². The van der Waals surface area contributed by atoms with Crippen molar-refractivity contribution in [1.82, 2.24) is 9.97 Å². The van der Waals surface area contributed by atoms with Crippen molar-refractivity contribution in [3.63, 3.8) is 0 Å². The predicted octanol–water partition coefficient (Wildman–Crippen LogP) is 2.72. The Morgan fingerprint density at radius 3 is 2.82 bits per heavy atom. The third-order valence-electron chi connectivity index (χ3n) is 2.80. The maximum atomic E-state index is 12.2. The molecule has 1 heterocycles. The van der Waals surface area contributed by atoms with Gasteiger partial charge < -0.3 is 5.32 Å². The molecule has 0 amide bonds. The monoisotopic (exact) mass is 245 g/mol. The van der Waals surface area contributed by atoms with E-state index in [9.17, 15) is 13.2 Å². The van der Waals surface area contributed by atoms with Crippen LogP contribution < -0.4 is 5.32 Å². The molecule has 0 spiro atoms. The Balaban J connectivity index is 2.07. The van der Waals surface area contributed by atoms with Gasteiger partial charge in [-0.3, -0.25) is 0 Å². The molecule has 1 atom stereocenters. The molecule has 1 aromatic rings. The lowest BCUT2D eigenvalue weighted by Crippen LogP contribution is -2.25. The molecule has 6 heteroatoms. The Labute approximate surface area is 97.5 Å². The van der Waals surface area contributed by atoms with Crippen LogP contribution in [0.4, 0.5) is 19.0 Å². The summed E-state index contributed by atoms with van der Waals surface area (Å²) in [6, 6.07) is -0.672. The van der Waals surface area contributed by atoms with Crippen LogP contribution in [0, 0.1) is 0 Å². The Morgan fingerprint density at radius 2 is 2.12 bits per heavy atom. The molecule has 1 aromatic heterocycles. The molecule has 0 aliphatic heterocycles. The van der Waals surface area contributed by atoms with Crippen LogP contribution in [0.15, 0.2) is 6.33 Å². The van der Waals surface area contributed by atoms with Crippen molar-refractivity contribution in [2.75, 3.05) is 5.32 Å². The lowest BCUT2D eigenvalue weighted by atomic mass is 10.2. The minimum absolute atomic E-state index is 0.559. The van der Waals surface area contributed by atoms with Gasteiger partial charge in [-0.1, -0.05) is 0 Å². The second kappa shape index (κ2) is 4.50. The quantitative estimate of drug-likeness (QED) is 0.889. The first-order valence-electron chi connectivity index (χ1n) is 5.62. The minimum atomic E-state index is -4.15. The number of anilines is 1. The summed E-state index contributed by atoms with van der Waals surface area (Å²) in [6.45, 7) is 1.51. The van der Waals surface area contributed by atoms with E-state index in [1.165, 1.54) is 13.3 Å². The number of hydrogen-bond donors (Lipinski definition) is 1. The van der Waals surface area contributed by atoms with Crippen molar-refractivity contribution in [2.24, 2.45) is 0 Å². The average molecular weight is 245 g/mol. The molecule has 94 valence electrons. The molecular weight excluding hydrogens is 231 g/mol. The number of alkyl halides is 3. The fraction of sp³-hybridized carbons (Fsp3) is 0.636. The Kier molecular flexibility index (Phi) is 3.22. The average Bonchev–Trinajstić information content (AvgIpc) is 2.63. The molecular formula is C11H14F3N3. The number of nitrogens with zero attached hydrogens (tertiary/aromatic N) is 2. The van der Waals surface area contributed by atoms with E-state index in [0.29, 0.717) is 5.82 Å². The van der Waals surface area contributed by atoms with Gasteiger partial charge >= 0.3 is 6.18 Å². The number of rotatable bonds is 3. The van der Waals surface area contributed by atoms with E-state index in [0.717, 1.165) is 30.5 Å². The molecule has 1 aliphatic rings. The van der Waals surface area contributed by atoms with Crippen LogP contribution in [0.2, 0.25) is 0 Å². The fourth-order valence-electron chi connectivity index (χ4n) is 2.12. The molecule has 0 saturated heterocycles. The highest BCUT2D eigenvalue weighted by Crippen LogP contribution is 2.27. The molecule has 1 aliphatic carbocycles. The van der Waals surface area contributed by atoms with Gasteiger partial charge in [-0.05, 0) is 26.2 Å². The summed E-state index contributed by atoms with van der Waals surface area (Å²) in [6.07, 6.45) is -0.866. The third-order valence-corrected chi connectivity index (χ3v) is 2.80. The van der Waals surface area contributed by atoms with Crippen LogP contribution in [-0.2, 0) is 12.8 Å². The van der Waals surface area contributed by atoms with Crippen LogP contribution in [-0.4, -0.2) is 22.2 Å². The molecule has 17 heavy (non-hydrogen) atoms. The first-order chi connectivity index (χ1) is 7.96. The van der Waals surface area contributed by atoms with E-state index in [4.69, 9.17) is 0 Å². The Hall–Kier alpha value is -1.33. The highest BCUT2D eigenvalue weighted by Gasteiger charge is 2.30. The number of aromatic nitrogens is 2. The summed E-state index contributed by atoms with van der Waals surface area (Å²) < 4.78 is 36.6. The first-order valence-corrected chi connectivity index (χ1v) is 5.62. The molecule has 2 rings (SSSR count). The number of halogens is 3. The number of fused-ring (bicyclic) bond motifs is 1. The SMILES string of the molecule is CC(CC(F)(F)F)Nc1ncnc2c1CCC2. The van der Waals surface area contributed by atoms with E-state index in [1.807, 2.05) is 0 Å². The van der Waals surface area contributed by atoms with Crippen LogP contribution in [0.25, 0.3) is 0 Å². The van der Waals surface area contributed by atoms with Crippen LogP contribution in [0.3, 0.4) is 0 Å². The van der Waals surface area contributed by atoms with Crippen molar-refractivity contribution in [1.29, 1.82) is 0 Å². The van der Waals surface area contributed by atoms with Crippen molar-refractivity contribution >= 4 is 5.82 Å². The maximum absolute atomic E-state index is 12.2. The van der Waals surface area contributed by atoms with Crippen LogP contribution in [0.1, 0.15) is 31.0 Å². The third kappa shape index (κ3) is 3.08. The van der Waals surface area contributed by atoms with E-state index in [2.05, 4.69) is 15.3 Å². The lowest BCUT2D eigenvalue weighted by Gasteiger charge is -2.17. The zero-order chi connectivity index (χ0) is 12.5. The zero-order valence-corrected chi connectivity index (χ0v) is 9.51. The van der Waals surface area contributed by atoms with Gasteiger partial charge in [0.05, 0.1) is 6.42 Å². The van der Waals surface area contributed by atoms with Gasteiger partial charge in [0.1, 0.15) is 12.1 Å². The topological polar surface area (TPSA) is 37.8 Å². The van der Waals surface area contributed by atoms with Gasteiger partial charge in [0, 0.05) is 17.3 Å².